The summed E-state index contributed by atoms with van der Waals surface area (Å²) in [5.74, 6) is 1.50. The lowest BCUT2D eigenvalue weighted by Gasteiger charge is -2.29. The molecule has 1 aliphatic heterocycles. The molecule has 0 aliphatic carbocycles. The number of H-pyrrole nitrogens is 1. The van der Waals surface area contributed by atoms with Gasteiger partial charge in [-0.05, 0) is 44.0 Å². The summed E-state index contributed by atoms with van der Waals surface area (Å²) in [6.07, 6.45) is 12.8. The number of halogens is 1. The van der Waals surface area contributed by atoms with Crippen molar-refractivity contribution in [1.82, 2.24) is 25.1 Å². The minimum atomic E-state index is -2.94. The molecule has 1 atom stereocenters. The molecule has 0 saturated carbocycles. The maximum Gasteiger partial charge on any atom is 0.261 e. The fraction of sp³-hybridized carbons (Fsp3) is 0.645. The van der Waals surface area contributed by atoms with E-state index in [1.165, 1.54) is 51.4 Å². The van der Waals surface area contributed by atoms with Gasteiger partial charge in [0, 0.05) is 31.7 Å². The third-order valence-electron chi connectivity index (χ3n) is 8.12. The molecule has 10 nitrogen and oxygen atoms in total. The van der Waals surface area contributed by atoms with Crippen LogP contribution in [-0.4, -0.2) is 71.4 Å². The van der Waals surface area contributed by atoms with Crippen molar-refractivity contribution in [2.75, 3.05) is 36.0 Å². The first-order chi connectivity index (χ1) is 20.8. The van der Waals surface area contributed by atoms with Crippen LogP contribution < -0.4 is 15.0 Å². The quantitative estimate of drug-likeness (QED) is 0.173. The van der Waals surface area contributed by atoms with Crippen LogP contribution in [-0.2, 0) is 21.1 Å². The summed E-state index contributed by atoms with van der Waals surface area (Å²) in [7, 11) is -2.94. The summed E-state index contributed by atoms with van der Waals surface area (Å²) in [6.45, 7) is 5.48. The Morgan fingerprint density at radius 1 is 1.00 bits per heavy atom. The Bertz CT molecular complexity index is 1390. The number of hydrogen-bond donors (Lipinski definition) is 2. The van der Waals surface area contributed by atoms with Crippen molar-refractivity contribution in [2.45, 2.75) is 97.0 Å². The molecule has 1 fully saturated rings. The van der Waals surface area contributed by atoms with Crippen molar-refractivity contribution in [1.29, 1.82) is 0 Å². The lowest BCUT2D eigenvalue weighted by Crippen LogP contribution is -2.40. The number of aromatic amines is 1. The number of carbonyl (C=O) groups is 1. The summed E-state index contributed by atoms with van der Waals surface area (Å²) >= 11 is 6.27. The molecule has 0 bridgehead atoms. The number of benzene rings is 1. The van der Waals surface area contributed by atoms with Crippen LogP contribution in [0, 0.1) is 6.92 Å². The highest BCUT2D eigenvalue weighted by Crippen LogP contribution is 2.24. The average molecular weight is 635 g/mol. The van der Waals surface area contributed by atoms with Crippen molar-refractivity contribution < 1.29 is 17.9 Å². The number of sulfone groups is 1. The molecule has 1 saturated heterocycles. The monoisotopic (exact) mass is 634 g/mol. The topological polar surface area (TPSA) is 122 Å². The van der Waals surface area contributed by atoms with Crippen molar-refractivity contribution in [3.63, 3.8) is 0 Å². The van der Waals surface area contributed by atoms with Crippen LogP contribution >= 0.6 is 11.6 Å². The molecule has 1 aromatic carbocycles. The molecule has 3 heterocycles. The SMILES string of the molecule is CCCCCCCCCCCCC(Oc1ccc(N2CCS(=O)(=O)CC2)cc1)C(=O)NCCc1nnc2c(Cl)c(C)[nH]n12. The highest BCUT2D eigenvalue weighted by Gasteiger charge is 2.23. The van der Waals surface area contributed by atoms with E-state index in [0.29, 0.717) is 54.7 Å². The second kappa shape index (κ2) is 16.3. The number of aromatic nitrogens is 4. The van der Waals surface area contributed by atoms with E-state index in [-0.39, 0.29) is 17.4 Å². The van der Waals surface area contributed by atoms with Crippen molar-refractivity contribution in [3.05, 3.63) is 40.8 Å². The van der Waals surface area contributed by atoms with Gasteiger partial charge in [-0.15, -0.1) is 10.2 Å². The van der Waals surface area contributed by atoms with Gasteiger partial charge in [-0.2, -0.15) is 0 Å². The molecule has 3 aromatic rings. The minimum absolute atomic E-state index is 0.150. The maximum absolute atomic E-state index is 13.3. The molecule has 12 heteroatoms. The molecule has 2 aromatic heterocycles. The van der Waals surface area contributed by atoms with Crippen LogP contribution in [0.2, 0.25) is 5.02 Å². The highest BCUT2D eigenvalue weighted by molar-refractivity contribution is 7.91. The number of nitrogens with zero attached hydrogens (tertiary/aromatic N) is 4. The zero-order valence-corrected chi connectivity index (χ0v) is 27.2. The number of aryl methyl sites for hydroxylation is 1. The Kier molecular flexibility index (Phi) is 12.6. The number of nitrogens with one attached hydrogen (secondary N) is 2. The molecule has 4 rings (SSSR count). The number of amides is 1. The second-order valence-electron chi connectivity index (χ2n) is 11.6. The molecule has 43 heavy (non-hydrogen) atoms. The first kappa shape index (κ1) is 33.1. The summed E-state index contributed by atoms with van der Waals surface area (Å²) in [5.41, 5.74) is 2.35. The number of unbranched alkanes of at least 4 members (excludes halogenated alkanes) is 9. The Morgan fingerprint density at radius 3 is 2.28 bits per heavy atom. The molecule has 0 spiro atoms. The van der Waals surface area contributed by atoms with E-state index in [4.69, 9.17) is 16.3 Å². The van der Waals surface area contributed by atoms with E-state index in [2.05, 4.69) is 32.4 Å². The van der Waals surface area contributed by atoms with Crippen molar-refractivity contribution in [3.8, 4) is 5.75 Å². The summed E-state index contributed by atoms with van der Waals surface area (Å²) in [4.78, 5) is 15.4. The maximum atomic E-state index is 13.3. The van der Waals surface area contributed by atoms with Crippen LogP contribution in [0.5, 0.6) is 5.75 Å². The Morgan fingerprint density at radius 2 is 1.63 bits per heavy atom. The molecule has 1 unspecified atom stereocenters. The van der Waals surface area contributed by atoms with E-state index in [0.717, 1.165) is 24.2 Å². The third kappa shape index (κ3) is 9.86. The lowest BCUT2D eigenvalue weighted by molar-refractivity contribution is -0.128. The highest BCUT2D eigenvalue weighted by atomic mass is 35.5. The Labute approximate surface area is 260 Å². The van der Waals surface area contributed by atoms with Crippen LogP contribution in [0.1, 0.15) is 89.1 Å². The minimum Gasteiger partial charge on any atom is -0.481 e. The fourth-order valence-corrected chi connectivity index (χ4v) is 6.83. The van der Waals surface area contributed by atoms with Gasteiger partial charge in [0.15, 0.2) is 27.4 Å². The second-order valence-corrected chi connectivity index (χ2v) is 14.3. The van der Waals surface area contributed by atoms with Gasteiger partial charge in [-0.3, -0.25) is 9.89 Å². The normalized spacial score (nSPS) is 15.6. The summed E-state index contributed by atoms with van der Waals surface area (Å²) in [5, 5.41) is 15.1. The van der Waals surface area contributed by atoms with Crippen molar-refractivity contribution >= 4 is 38.7 Å². The number of carbonyl (C=O) groups excluding carboxylic acids is 1. The number of fused-ring (bicyclic) bond motifs is 1. The molecule has 1 aliphatic rings. The molecule has 0 radical (unpaired) electrons. The van der Waals surface area contributed by atoms with Crippen LogP contribution in [0.25, 0.3) is 5.65 Å². The lowest BCUT2D eigenvalue weighted by atomic mass is 10.0. The van der Waals surface area contributed by atoms with E-state index in [9.17, 15) is 13.2 Å². The van der Waals surface area contributed by atoms with Gasteiger partial charge in [0.25, 0.3) is 5.91 Å². The summed E-state index contributed by atoms with van der Waals surface area (Å²) in [6, 6.07) is 7.59. The van der Waals surface area contributed by atoms with Gasteiger partial charge in [0.05, 0.1) is 17.2 Å². The van der Waals surface area contributed by atoms with Crippen LogP contribution in [0.4, 0.5) is 5.69 Å². The average Bonchev–Trinajstić information content (AvgIpc) is 3.52. The number of rotatable bonds is 18. The zero-order valence-electron chi connectivity index (χ0n) is 25.6. The van der Waals surface area contributed by atoms with E-state index >= 15 is 0 Å². The zero-order chi connectivity index (χ0) is 30.7. The molecule has 2 N–H and O–H groups in total. The molecule has 1 amide bonds. The van der Waals surface area contributed by atoms with Gasteiger partial charge in [-0.25, -0.2) is 12.9 Å². The first-order valence-corrected chi connectivity index (χ1v) is 18.0. The Balaban J connectivity index is 1.29. The van der Waals surface area contributed by atoms with Crippen molar-refractivity contribution in [2.24, 2.45) is 0 Å². The van der Waals surface area contributed by atoms with E-state index in [1.54, 1.807) is 4.52 Å². The molecular formula is C31H47ClN6O4S. The largest absolute Gasteiger partial charge is 0.481 e. The van der Waals surface area contributed by atoms with Crippen LogP contribution in [0.3, 0.4) is 0 Å². The summed E-state index contributed by atoms with van der Waals surface area (Å²) < 4.78 is 31.6. The molecule has 238 valence electrons. The van der Waals surface area contributed by atoms with E-state index < -0.39 is 15.9 Å². The number of ether oxygens (including phenoxy) is 1. The fourth-order valence-electron chi connectivity index (χ4n) is 5.47. The van der Waals surface area contributed by atoms with Gasteiger partial charge >= 0.3 is 0 Å². The predicted molar refractivity (Wildman–Crippen MR) is 172 cm³/mol. The van der Waals surface area contributed by atoms with Gasteiger partial charge in [0.1, 0.15) is 10.8 Å². The number of anilines is 1. The van der Waals surface area contributed by atoms with E-state index in [1.807, 2.05) is 31.2 Å². The van der Waals surface area contributed by atoms with Gasteiger partial charge in [-0.1, -0.05) is 76.3 Å². The first-order valence-electron chi connectivity index (χ1n) is 15.9. The predicted octanol–water partition coefficient (Wildman–Crippen LogP) is 5.67. The third-order valence-corrected chi connectivity index (χ3v) is 10.2. The smallest absolute Gasteiger partial charge is 0.261 e. The van der Waals surface area contributed by atoms with Gasteiger partial charge in [0.2, 0.25) is 0 Å². The number of hydrogen-bond acceptors (Lipinski definition) is 7. The van der Waals surface area contributed by atoms with Gasteiger partial charge < -0.3 is 15.0 Å². The standard InChI is InChI=1S/C31H47ClN6O4S/c1-3-4-5-6-7-8-9-10-11-12-13-27(31(39)33-19-18-28-34-35-30-29(32)24(2)36-38(28)30)42-26-16-14-25(15-17-26)37-20-22-43(40,41)23-21-37/h14-17,27,36H,3-13,18-23H2,1-2H3,(H,33,39). The van der Waals surface area contributed by atoms with Crippen LogP contribution in [0.15, 0.2) is 24.3 Å². The molecular weight excluding hydrogens is 588 g/mol. The Hall–Kier alpha value is -2.79.